The number of hydrogen-bond donors (Lipinski definition) is 0. The summed E-state index contributed by atoms with van der Waals surface area (Å²) in [4.78, 5) is 7.29. The summed E-state index contributed by atoms with van der Waals surface area (Å²) in [5.74, 6) is -0.354. The molecule has 0 aliphatic carbocycles. The highest BCUT2D eigenvalue weighted by Crippen LogP contribution is 2.25. The van der Waals surface area contributed by atoms with Gasteiger partial charge in [-0.3, -0.25) is 0 Å². The van der Waals surface area contributed by atoms with Gasteiger partial charge in [0.15, 0.2) is 6.10 Å². The molecule has 9 nitrogen and oxygen atoms in total. The van der Waals surface area contributed by atoms with E-state index < -0.39 is 10.0 Å². The van der Waals surface area contributed by atoms with Gasteiger partial charge < -0.3 is 9.74 Å². The predicted molar refractivity (Wildman–Crippen MR) is 101 cm³/mol. The van der Waals surface area contributed by atoms with Crippen molar-refractivity contribution in [2.75, 3.05) is 37.3 Å². The van der Waals surface area contributed by atoms with Gasteiger partial charge >= 0.3 is 0 Å². The molecule has 1 aromatic carbocycles. The molecule has 4 rings (SSSR count). The maximum absolute atomic E-state index is 14.7. The summed E-state index contributed by atoms with van der Waals surface area (Å²) >= 11 is 0. The SMILES string of the molecule is CS(=O)(=O)N1CCN(c2ccc(C3=NOC(Cn4ccnn4)C3)cc2F)CC1. The molecule has 0 N–H and O–H groups in total. The second-order valence-electron chi connectivity index (χ2n) is 6.91. The van der Waals surface area contributed by atoms with Crippen LogP contribution in [0.1, 0.15) is 12.0 Å². The summed E-state index contributed by atoms with van der Waals surface area (Å²) < 4.78 is 41.0. The van der Waals surface area contributed by atoms with Crippen molar-refractivity contribution in [1.82, 2.24) is 19.3 Å². The van der Waals surface area contributed by atoms with Crippen molar-refractivity contribution >= 4 is 21.4 Å². The van der Waals surface area contributed by atoms with Crippen molar-refractivity contribution in [3.05, 3.63) is 42.0 Å². The first kappa shape index (κ1) is 18.8. The van der Waals surface area contributed by atoms with E-state index in [0.29, 0.717) is 56.1 Å². The fourth-order valence-corrected chi connectivity index (χ4v) is 4.27. The lowest BCUT2D eigenvalue weighted by Gasteiger charge is -2.34. The Balaban J connectivity index is 1.40. The van der Waals surface area contributed by atoms with E-state index >= 15 is 0 Å². The Morgan fingerprint density at radius 1 is 1.25 bits per heavy atom. The first-order valence-electron chi connectivity index (χ1n) is 8.97. The molecule has 0 spiro atoms. The van der Waals surface area contributed by atoms with Crippen LogP contribution < -0.4 is 4.90 Å². The monoisotopic (exact) mass is 408 g/mol. The molecule has 3 heterocycles. The minimum atomic E-state index is -3.21. The molecule has 2 aliphatic heterocycles. The summed E-state index contributed by atoms with van der Waals surface area (Å²) in [6, 6.07) is 4.99. The van der Waals surface area contributed by atoms with Crippen LogP contribution in [0.5, 0.6) is 0 Å². The summed E-state index contributed by atoms with van der Waals surface area (Å²) in [5, 5.41) is 11.7. The normalized spacial score (nSPS) is 20.9. The lowest BCUT2D eigenvalue weighted by molar-refractivity contribution is 0.0693. The number of sulfonamides is 1. The van der Waals surface area contributed by atoms with E-state index in [1.54, 1.807) is 23.1 Å². The van der Waals surface area contributed by atoms with Gasteiger partial charge in [0.05, 0.1) is 30.4 Å². The number of oxime groups is 1. The molecular weight excluding hydrogens is 387 g/mol. The number of benzene rings is 1. The van der Waals surface area contributed by atoms with Crippen LogP contribution in [0.2, 0.25) is 0 Å². The smallest absolute Gasteiger partial charge is 0.211 e. The Morgan fingerprint density at radius 2 is 2.04 bits per heavy atom. The molecule has 0 amide bonds. The highest BCUT2D eigenvalue weighted by molar-refractivity contribution is 7.88. The van der Waals surface area contributed by atoms with E-state index in [9.17, 15) is 12.8 Å². The summed E-state index contributed by atoms with van der Waals surface area (Å²) in [7, 11) is -3.21. The van der Waals surface area contributed by atoms with Gasteiger partial charge in [-0.05, 0) is 12.1 Å². The van der Waals surface area contributed by atoms with Gasteiger partial charge in [-0.25, -0.2) is 17.5 Å². The summed E-state index contributed by atoms with van der Waals surface area (Å²) in [5.41, 5.74) is 1.84. The summed E-state index contributed by atoms with van der Waals surface area (Å²) in [6.07, 6.45) is 4.94. The fraction of sp³-hybridized carbons (Fsp3) is 0.471. The van der Waals surface area contributed by atoms with Crippen LogP contribution >= 0.6 is 0 Å². The van der Waals surface area contributed by atoms with Gasteiger partial charge in [0, 0.05) is 44.4 Å². The third-order valence-electron chi connectivity index (χ3n) is 4.92. The Hall–Kier alpha value is -2.53. The van der Waals surface area contributed by atoms with Crippen LogP contribution in [-0.2, 0) is 21.4 Å². The Labute approximate surface area is 162 Å². The van der Waals surface area contributed by atoms with Gasteiger partial charge in [0.2, 0.25) is 10.0 Å². The van der Waals surface area contributed by atoms with Crippen LogP contribution in [0, 0.1) is 5.82 Å². The van der Waals surface area contributed by atoms with Crippen LogP contribution in [0.3, 0.4) is 0 Å². The molecule has 1 aromatic heterocycles. The van der Waals surface area contributed by atoms with Crippen LogP contribution in [0.15, 0.2) is 35.7 Å². The molecule has 1 fully saturated rings. The third kappa shape index (κ3) is 3.99. The number of aromatic nitrogens is 3. The van der Waals surface area contributed by atoms with Gasteiger partial charge in [0.1, 0.15) is 5.82 Å². The molecule has 0 radical (unpaired) electrons. The number of piperazine rings is 1. The molecule has 0 saturated carbocycles. The maximum atomic E-state index is 14.7. The standard InChI is InChI=1S/C17H21FN6O3S/c1-28(25,26)24-8-6-22(7-9-24)17-3-2-13(10-15(17)18)16-11-14(27-20-16)12-23-5-4-19-21-23/h2-5,10,14H,6-9,11-12H2,1H3. The zero-order valence-electron chi connectivity index (χ0n) is 15.4. The third-order valence-corrected chi connectivity index (χ3v) is 6.23. The molecule has 11 heteroatoms. The molecular formula is C17H21FN6O3S. The van der Waals surface area contributed by atoms with Crippen molar-refractivity contribution in [3.8, 4) is 0 Å². The highest BCUT2D eigenvalue weighted by atomic mass is 32.2. The van der Waals surface area contributed by atoms with E-state index in [4.69, 9.17) is 4.84 Å². The van der Waals surface area contributed by atoms with Crippen molar-refractivity contribution in [2.45, 2.75) is 19.1 Å². The van der Waals surface area contributed by atoms with Gasteiger partial charge in [0.25, 0.3) is 0 Å². The molecule has 28 heavy (non-hydrogen) atoms. The second kappa shape index (κ2) is 7.47. The predicted octanol–water partition coefficient (Wildman–Crippen LogP) is 0.692. The lowest BCUT2D eigenvalue weighted by Crippen LogP contribution is -2.48. The zero-order valence-corrected chi connectivity index (χ0v) is 16.2. The molecule has 150 valence electrons. The summed E-state index contributed by atoms with van der Waals surface area (Å²) in [6.45, 7) is 2.13. The second-order valence-corrected chi connectivity index (χ2v) is 8.89. The molecule has 2 aromatic rings. The Bertz CT molecular complexity index is 971. The van der Waals surface area contributed by atoms with Gasteiger partial charge in [-0.1, -0.05) is 16.4 Å². The van der Waals surface area contributed by atoms with Crippen LogP contribution in [-0.4, -0.2) is 72.0 Å². The van der Waals surface area contributed by atoms with E-state index in [1.807, 2.05) is 11.0 Å². The largest absolute Gasteiger partial charge is 0.390 e. The minimum absolute atomic E-state index is 0.163. The number of hydrogen-bond acceptors (Lipinski definition) is 7. The zero-order chi connectivity index (χ0) is 19.7. The van der Waals surface area contributed by atoms with Crippen LogP contribution in [0.25, 0.3) is 0 Å². The van der Waals surface area contributed by atoms with Crippen molar-refractivity contribution in [3.63, 3.8) is 0 Å². The Kier molecular flexibility index (Phi) is 5.02. The van der Waals surface area contributed by atoms with Crippen molar-refractivity contribution < 1.29 is 17.6 Å². The van der Waals surface area contributed by atoms with Gasteiger partial charge in [-0.15, -0.1) is 5.10 Å². The lowest BCUT2D eigenvalue weighted by atomic mass is 10.0. The average Bonchev–Trinajstić information content (AvgIpc) is 3.34. The number of halogens is 1. The van der Waals surface area contributed by atoms with Crippen LogP contribution in [0.4, 0.5) is 10.1 Å². The van der Waals surface area contributed by atoms with Crippen molar-refractivity contribution in [2.24, 2.45) is 5.16 Å². The molecule has 0 bridgehead atoms. The van der Waals surface area contributed by atoms with Crippen molar-refractivity contribution in [1.29, 1.82) is 0 Å². The number of rotatable bonds is 5. The first-order chi connectivity index (χ1) is 13.4. The molecule has 1 atom stereocenters. The Morgan fingerprint density at radius 3 is 2.68 bits per heavy atom. The highest BCUT2D eigenvalue weighted by Gasteiger charge is 2.26. The van der Waals surface area contributed by atoms with E-state index in [0.717, 1.165) is 0 Å². The fourth-order valence-electron chi connectivity index (χ4n) is 3.44. The number of anilines is 1. The van der Waals surface area contributed by atoms with E-state index in [-0.39, 0.29) is 11.9 Å². The van der Waals surface area contributed by atoms with E-state index in [1.165, 1.54) is 16.6 Å². The molecule has 2 aliphatic rings. The minimum Gasteiger partial charge on any atom is -0.390 e. The first-order valence-corrected chi connectivity index (χ1v) is 10.8. The molecule has 1 unspecified atom stereocenters. The number of nitrogens with zero attached hydrogens (tertiary/aromatic N) is 6. The molecule has 1 saturated heterocycles. The maximum Gasteiger partial charge on any atom is 0.211 e. The van der Waals surface area contributed by atoms with E-state index in [2.05, 4.69) is 15.5 Å². The topological polar surface area (TPSA) is 92.9 Å². The van der Waals surface area contributed by atoms with Gasteiger partial charge in [-0.2, -0.15) is 4.31 Å². The average molecular weight is 408 g/mol. The quantitative estimate of drug-likeness (QED) is 0.723.